The molecule has 2 N–H and O–H groups in total. The van der Waals surface area contributed by atoms with Crippen LogP contribution in [-0.4, -0.2) is 19.6 Å². The Bertz CT molecular complexity index is 300. The summed E-state index contributed by atoms with van der Waals surface area (Å²) in [4.78, 5) is 12.0. The van der Waals surface area contributed by atoms with Gasteiger partial charge >= 0.3 is 5.97 Å². The Labute approximate surface area is 80.8 Å². The van der Waals surface area contributed by atoms with E-state index in [0.29, 0.717) is 12.1 Å². The second-order valence-electron chi connectivity index (χ2n) is 2.50. The SMILES string of the molecule is C=C(CN)c1cc(C(=O)OC)cs1. The number of ether oxygens (including phenoxy) is 1. The van der Waals surface area contributed by atoms with Crippen molar-refractivity contribution in [2.75, 3.05) is 13.7 Å². The van der Waals surface area contributed by atoms with E-state index in [2.05, 4.69) is 11.3 Å². The molecule has 0 amide bonds. The van der Waals surface area contributed by atoms with Crippen molar-refractivity contribution in [1.29, 1.82) is 0 Å². The molecule has 0 saturated heterocycles. The molecule has 0 saturated carbocycles. The highest BCUT2D eigenvalue weighted by Crippen LogP contribution is 2.21. The number of nitrogens with two attached hydrogens (primary N) is 1. The molecule has 0 radical (unpaired) electrons. The van der Waals surface area contributed by atoms with Crippen molar-refractivity contribution in [3.63, 3.8) is 0 Å². The number of thiophene rings is 1. The van der Waals surface area contributed by atoms with Crippen LogP contribution in [0.3, 0.4) is 0 Å². The van der Waals surface area contributed by atoms with Gasteiger partial charge < -0.3 is 10.5 Å². The molecule has 4 heteroatoms. The van der Waals surface area contributed by atoms with Crippen molar-refractivity contribution < 1.29 is 9.53 Å². The largest absolute Gasteiger partial charge is 0.465 e. The molecule has 70 valence electrons. The standard InChI is InChI=1S/C9H11NO2S/c1-6(4-10)8-3-7(5-13-8)9(11)12-2/h3,5H,1,4,10H2,2H3. The second kappa shape index (κ2) is 4.20. The lowest BCUT2D eigenvalue weighted by Crippen LogP contribution is -2.00. The van der Waals surface area contributed by atoms with Gasteiger partial charge in [-0.05, 0) is 11.6 Å². The van der Waals surface area contributed by atoms with Gasteiger partial charge in [-0.25, -0.2) is 4.79 Å². The molecule has 1 heterocycles. The molecule has 0 spiro atoms. The fraction of sp³-hybridized carbons (Fsp3) is 0.222. The lowest BCUT2D eigenvalue weighted by Gasteiger charge is -1.95. The molecule has 0 aromatic carbocycles. The highest BCUT2D eigenvalue weighted by atomic mass is 32.1. The van der Waals surface area contributed by atoms with Crippen molar-refractivity contribution in [2.45, 2.75) is 0 Å². The molecule has 0 fully saturated rings. The van der Waals surface area contributed by atoms with Crippen molar-refractivity contribution in [3.8, 4) is 0 Å². The van der Waals surface area contributed by atoms with E-state index < -0.39 is 0 Å². The molecule has 0 bridgehead atoms. The van der Waals surface area contributed by atoms with Gasteiger partial charge in [-0.2, -0.15) is 0 Å². The molecular weight excluding hydrogens is 186 g/mol. The van der Waals surface area contributed by atoms with Gasteiger partial charge in [0.1, 0.15) is 0 Å². The summed E-state index contributed by atoms with van der Waals surface area (Å²) in [6.45, 7) is 4.18. The zero-order valence-corrected chi connectivity index (χ0v) is 8.19. The lowest BCUT2D eigenvalue weighted by molar-refractivity contribution is 0.0601. The van der Waals surface area contributed by atoms with Crippen LogP contribution in [0.1, 0.15) is 15.2 Å². The van der Waals surface area contributed by atoms with Gasteiger partial charge in [0, 0.05) is 16.8 Å². The predicted octanol–water partition coefficient (Wildman–Crippen LogP) is 1.51. The Balaban J connectivity index is 2.86. The summed E-state index contributed by atoms with van der Waals surface area (Å²) < 4.78 is 4.57. The number of carbonyl (C=O) groups is 1. The third-order valence-electron chi connectivity index (χ3n) is 1.62. The number of methoxy groups -OCH3 is 1. The summed E-state index contributed by atoms with van der Waals surface area (Å²) in [6.07, 6.45) is 0. The molecule has 0 unspecified atom stereocenters. The summed E-state index contributed by atoms with van der Waals surface area (Å²) in [5.74, 6) is -0.327. The van der Waals surface area contributed by atoms with E-state index in [4.69, 9.17) is 5.73 Å². The van der Waals surface area contributed by atoms with Crippen LogP contribution in [0.4, 0.5) is 0 Å². The third-order valence-corrected chi connectivity index (χ3v) is 2.65. The van der Waals surface area contributed by atoms with E-state index in [9.17, 15) is 4.79 Å². The van der Waals surface area contributed by atoms with E-state index in [0.717, 1.165) is 10.5 Å². The molecule has 0 atom stereocenters. The van der Waals surface area contributed by atoms with Gasteiger partial charge in [0.15, 0.2) is 0 Å². The summed E-state index contributed by atoms with van der Waals surface area (Å²) in [6, 6.07) is 1.74. The lowest BCUT2D eigenvalue weighted by atomic mass is 10.2. The van der Waals surface area contributed by atoms with Crippen LogP contribution in [0, 0.1) is 0 Å². The van der Waals surface area contributed by atoms with Crippen LogP contribution in [0.15, 0.2) is 18.0 Å². The maximum atomic E-state index is 11.1. The van der Waals surface area contributed by atoms with E-state index in [-0.39, 0.29) is 5.97 Å². The number of hydrogen-bond acceptors (Lipinski definition) is 4. The topological polar surface area (TPSA) is 52.3 Å². The molecule has 13 heavy (non-hydrogen) atoms. The second-order valence-corrected chi connectivity index (χ2v) is 3.41. The predicted molar refractivity (Wildman–Crippen MR) is 53.7 cm³/mol. The Hall–Kier alpha value is -1.13. The van der Waals surface area contributed by atoms with Crippen LogP contribution in [-0.2, 0) is 4.74 Å². The zero-order chi connectivity index (χ0) is 9.84. The average Bonchev–Trinajstić information content (AvgIpc) is 2.64. The quantitative estimate of drug-likeness (QED) is 0.747. The summed E-state index contributed by atoms with van der Waals surface area (Å²) in [5, 5.41) is 1.74. The number of esters is 1. The number of hydrogen-bond donors (Lipinski definition) is 1. The Kier molecular flexibility index (Phi) is 3.22. The van der Waals surface area contributed by atoms with E-state index in [1.165, 1.54) is 18.4 Å². The van der Waals surface area contributed by atoms with Crippen LogP contribution < -0.4 is 5.73 Å². The molecule has 1 rings (SSSR count). The van der Waals surface area contributed by atoms with Gasteiger partial charge in [0.2, 0.25) is 0 Å². The fourth-order valence-corrected chi connectivity index (χ4v) is 1.71. The molecule has 0 aliphatic carbocycles. The van der Waals surface area contributed by atoms with Gasteiger partial charge in [0.25, 0.3) is 0 Å². The minimum atomic E-state index is -0.327. The van der Waals surface area contributed by atoms with Crippen LogP contribution >= 0.6 is 11.3 Å². The van der Waals surface area contributed by atoms with E-state index in [1.807, 2.05) is 0 Å². The zero-order valence-electron chi connectivity index (χ0n) is 7.37. The summed E-state index contributed by atoms with van der Waals surface area (Å²) in [5.41, 5.74) is 6.80. The van der Waals surface area contributed by atoms with Crippen molar-refractivity contribution in [1.82, 2.24) is 0 Å². The first-order chi connectivity index (χ1) is 6.19. The van der Waals surface area contributed by atoms with Gasteiger partial charge in [0.05, 0.1) is 12.7 Å². The Morgan fingerprint density at radius 3 is 3.00 bits per heavy atom. The third kappa shape index (κ3) is 2.17. The maximum absolute atomic E-state index is 11.1. The highest BCUT2D eigenvalue weighted by molar-refractivity contribution is 7.11. The monoisotopic (exact) mass is 197 g/mol. The van der Waals surface area contributed by atoms with Crippen molar-refractivity contribution >= 4 is 22.9 Å². The molecule has 0 aliphatic heterocycles. The molecule has 0 aliphatic rings. The van der Waals surface area contributed by atoms with E-state index >= 15 is 0 Å². The minimum Gasteiger partial charge on any atom is -0.465 e. The Morgan fingerprint density at radius 2 is 2.46 bits per heavy atom. The van der Waals surface area contributed by atoms with E-state index in [1.54, 1.807) is 11.4 Å². The number of rotatable bonds is 3. The summed E-state index contributed by atoms with van der Waals surface area (Å²) >= 11 is 1.45. The summed E-state index contributed by atoms with van der Waals surface area (Å²) in [7, 11) is 1.36. The first kappa shape index (κ1) is 9.95. The highest BCUT2D eigenvalue weighted by Gasteiger charge is 2.09. The molecular formula is C9H11NO2S. The van der Waals surface area contributed by atoms with Gasteiger partial charge in [-0.3, -0.25) is 0 Å². The van der Waals surface area contributed by atoms with Crippen LogP contribution in [0.25, 0.3) is 5.57 Å². The van der Waals surface area contributed by atoms with Crippen molar-refractivity contribution in [2.24, 2.45) is 5.73 Å². The minimum absolute atomic E-state index is 0.327. The molecule has 1 aromatic rings. The first-order valence-corrected chi connectivity index (χ1v) is 4.62. The van der Waals surface area contributed by atoms with Crippen LogP contribution in [0.2, 0.25) is 0 Å². The van der Waals surface area contributed by atoms with Crippen LogP contribution in [0.5, 0.6) is 0 Å². The Morgan fingerprint density at radius 1 is 1.77 bits per heavy atom. The molecule has 3 nitrogen and oxygen atoms in total. The average molecular weight is 197 g/mol. The van der Waals surface area contributed by atoms with Gasteiger partial charge in [-0.15, -0.1) is 11.3 Å². The molecule has 1 aromatic heterocycles. The normalized spacial score (nSPS) is 9.69. The maximum Gasteiger partial charge on any atom is 0.338 e. The fourth-order valence-electron chi connectivity index (χ4n) is 0.847. The van der Waals surface area contributed by atoms with Crippen molar-refractivity contribution in [3.05, 3.63) is 28.5 Å². The smallest absolute Gasteiger partial charge is 0.338 e. The number of carbonyl (C=O) groups excluding carboxylic acids is 1. The first-order valence-electron chi connectivity index (χ1n) is 3.74. The van der Waals surface area contributed by atoms with Gasteiger partial charge in [-0.1, -0.05) is 6.58 Å².